The average Bonchev–Trinajstić information content (AvgIpc) is 3.17. The molecule has 14 heteroatoms. The molecule has 2 atom stereocenters. The first-order valence-corrected chi connectivity index (χ1v) is 12.6. The van der Waals surface area contributed by atoms with Crippen molar-refractivity contribution in [3.05, 3.63) is 59.2 Å². The topological polar surface area (TPSA) is 156 Å². The first kappa shape index (κ1) is 26.1. The molecule has 1 aliphatic rings. The second-order valence-corrected chi connectivity index (χ2v) is 11.7. The Balaban J connectivity index is 2.02. The molecular formula is C20H19F3N2O7S2. The summed E-state index contributed by atoms with van der Waals surface area (Å²) in [6, 6.07) is 7.62. The minimum absolute atomic E-state index is 0.0686. The molecule has 34 heavy (non-hydrogen) atoms. The molecule has 2 aromatic rings. The number of hydrogen-bond acceptors (Lipinski definition) is 8. The van der Waals surface area contributed by atoms with Gasteiger partial charge in [-0.2, -0.15) is 22.7 Å². The van der Waals surface area contributed by atoms with Gasteiger partial charge in [0.1, 0.15) is 10.9 Å². The van der Waals surface area contributed by atoms with Crippen LogP contribution in [0.1, 0.15) is 16.7 Å². The number of nitriles is 1. The number of rotatable bonds is 6. The highest BCUT2D eigenvalue weighted by Gasteiger charge is 2.55. The van der Waals surface area contributed by atoms with Gasteiger partial charge in [-0.3, -0.25) is 0 Å². The van der Waals surface area contributed by atoms with Crippen LogP contribution >= 0.6 is 0 Å². The fraction of sp³-hybridized carbons (Fsp3) is 0.350. The minimum atomic E-state index is -4.71. The van der Waals surface area contributed by atoms with E-state index in [-0.39, 0.29) is 11.1 Å². The molecule has 3 N–H and O–H groups in total. The quantitative estimate of drug-likeness (QED) is 0.501. The van der Waals surface area contributed by atoms with E-state index >= 15 is 0 Å². The highest BCUT2D eigenvalue weighted by atomic mass is 32.2. The molecule has 1 heterocycles. The van der Waals surface area contributed by atoms with Gasteiger partial charge in [-0.05, 0) is 48.0 Å². The van der Waals surface area contributed by atoms with Gasteiger partial charge >= 0.3 is 6.18 Å². The van der Waals surface area contributed by atoms with Crippen molar-refractivity contribution in [3.8, 4) is 6.07 Å². The number of halogens is 3. The second kappa shape index (κ2) is 8.91. The largest absolute Gasteiger partial charge is 0.416 e. The van der Waals surface area contributed by atoms with E-state index in [1.54, 1.807) is 6.07 Å². The van der Waals surface area contributed by atoms with Gasteiger partial charge in [0.25, 0.3) is 0 Å². The number of aliphatic hydroxyl groups is 3. The lowest BCUT2D eigenvalue weighted by Gasteiger charge is -2.26. The van der Waals surface area contributed by atoms with Gasteiger partial charge in [-0.1, -0.05) is 0 Å². The third-order valence-electron chi connectivity index (χ3n) is 5.56. The van der Waals surface area contributed by atoms with Crippen molar-refractivity contribution >= 4 is 19.9 Å². The molecule has 0 saturated carbocycles. The SMILES string of the molecule is N#Cc1ccc(S(=O)(=O)N2C[C@H](S(=O)(=O)c3ccc(C(F)(F)F)cc3)[C@](O)(CO)C2)c(CO)c1. The Morgan fingerprint density at radius 3 is 2.21 bits per heavy atom. The smallest absolute Gasteiger partial charge is 0.393 e. The van der Waals surface area contributed by atoms with Crippen LogP contribution in [0.2, 0.25) is 0 Å². The van der Waals surface area contributed by atoms with Crippen LogP contribution in [0.25, 0.3) is 0 Å². The first-order chi connectivity index (χ1) is 15.7. The lowest BCUT2D eigenvalue weighted by Crippen LogP contribution is -2.49. The van der Waals surface area contributed by atoms with E-state index in [1.807, 2.05) is 0 Å². The lowest BCUT2D eigenvalue weighted by molar-refractivity contribution is -0.137. The van der Waals surface area contributed by atoms with Crippen molar-refractivity contribution in [3.63, 3.8) is 0 Å². The zero-order chi connectivity index (χ0) is 25.5. The summed E-state index contributed by atoms with van der Waals surface area (Å²) in [6.45, 7) is -3.55. The molecule has 2 aromatic carbocycles. The normalized spacial score (nSPS) is 22.0. The number of aliphatic hydroxyl groups excluding tert-OH is 2. The highest BCUT2D eigenvalue weighted by Crippen LogP contribution is 2.36. The van der Waals surface area contributed by atoms with Crippen LogP contribution in [0.5, 0.6) is 0 Å². The van der Waals surface area contributed by atoms with E-state index in [0.717, 1.165) is 12.1 Å². The van der Waals surface area contributed by atoms with E-state index < -0.39 is 78.5 Å². The van der Waals surface area contributed by atoms with Crippen LogP contribution in [0.4, 0.5) is 13.2 Å². The number of benzene rings is 2. The van der Waals surface area contributed by atoms with Crippen LogP contribution < -0.4 is 0 Å². The van der Waals surface area contributed by atoms with E-state index in [0.29, 0.717) is 28.6 Å². The van der Waals surface area contributed by atoms with Crippen LogP contribution in [-0.2, 0) is 32.6 Å². The number of sulfonamides is 1. The number of alkyl halides is 3. The Morgan fingerprint density at radius 2 is 1.71 bits per heavy atom. The molecule has 0 unspecified atom stereocenters. The second-order valence-electron chi connectivity index (χ2n) is 7.71. The summed E-state index contributed by atoms with van der Waals surface area (Å²) in [4.78, 5) is -1.02. The zero-order valence-corrected chi connectivity index (χ0v) is 18.9. The molecule has 0 aliphatic carbocycles. The van der Waals surface area contributed by atoms with Gasteiger partial charge in [-0.25, -0.2) is 16.8 Å². The molecule has 9 nitrogen and oxygen atoms in total. The van der Waals surface area contributed by atoms with Crippen molar-refractivity contribution in [2.24, 2.45) is 0 Å². The molecule has 1 aliphatic heterocycles. The number of hydrogen-bond donors (Lipinski definition) is 3. The summed E-state index contributed by atoms with van der Waals surface area (Å²) < 4.78 is 91.7. The van der Waals surface area contributed by atoms with Crippen LogP contribution in [-0.4, -0.2) is 67.0 Å². The third-order valence-corrected chi connectivity index (χ3v) is 9.73. The number of nitrogens with zero attached hydrogens (tertiary/aromatic N) is 2. The summed E-state index contributed by atoms with van der Waals surface area (Å²) in [6.07, 6.45) is -4.71. The molecule has 0 aromatic heterocycles. The Hall–Kier alpha value is -2.54. The molecule has 0 radical (unpaired) electrons. The van der Waals surface area contributed by atoms with Gasteiger partial charge in [0.2, 0.25) is 10.0 Å². The molecule has 3 rings (SSSR count). The van der Waals surface area contributed by atoms with Gasteiger partial charge < -0.3 is 15.3 Å². The lowest BCUT2D eigenvalue weighted by atomic mass is 10.1. The van der Waals surface area contributed by atoms with E-state index in [4.69, 9.17) is 5.26 Å². The van der Waals surface area contributed by atoms with Crippen molar-refractivity contribution in [1.29, 1.82) is 5.26 Å². The summed E-state index contributed by atoms with van der Waals surface area (Å²) in [5.41, 5.74) is -3.63. The number of β-amino-alcohol motifs (C(OH)–C–C–N with tert-alkyl or cyclic N) is 1. The third kappa shape index (κ3) is 4.54. The maximum absolute atomic E-state index is 13.2. The van der Waals surface area contributed by atoms with Gasteiger partial charge in [0, 0.05) is 13.1 Å². The standard InChI is InChI=1S/C20H19F3N2O7S2/c21-20(22,23)15-2-4-16(5-3-15)33(29,30)18-9-25(11-19(18,28)12-27)34(31,32)17-6-1-13(8-24)7-14(17)10-26/h1-7,18,26-28H,9-12H2/t18-,19+/m0/s1. The Labute approximate surface area is 193 Å². The Bertz CT molecular complexity index is 1340. The fourth-order valence-corrected chi connectivity index (χ4v) is 7.46. The van der Waals surface area contributed by atoms with Crippen molar-refractivity contribution in [2.45, 2.75) is 33.4 Å². The summed E-state index contributed by atoms with van der Waals surface area (Å²) in [7, 11) is -9.11. The maximum atomic E-state index is 13.2. The predicted molar refractivity (Wildman–Crippen MR) is 110 cm³/mol. The monoisotopic (exact) mass is 520 g/mol. The molecule has 0 amide bonds. The molecule has 0 bridgehead atoms. The molecule has 1 saturated heterocycles. The molecule has 184 valence electrons. The van der Waals surface area contributed by atoms with E-state index in [9.17, 15) is 45.3 Å². The van der Waals surface area contributed by atoms with Gasteiger partial charge in [0.05, 0.1) is 40.2 Å². The maximum Gasteiger partial charge on any atom is 0.416 e. The van der Waals surface area contributed by atoms with Gasteiger partial charge in [0.15, 0.2) is 9.84 Å². The van der Waals surface area contributed by atoms with E-state index in [1.165, 1.54) is 6.07 Å². The summed E-state index contributed by atoms with van der Waals surface area (Å²) in [5.74, 6) is 0. The minimum Gasteiger partial charge on any atom is -0.393 e. The highest BCUT2D eigenvalue weighted by molar-refractivity contribution is 7.92. The summed E-state index contributed by atoms with van der Waals surface area (Å²) >= 11 is 0. The Morgan fingerprint density at radius 1 is 1.09 bits per heavy atom. The average molecular weight is 521 g/mol. The molecule has 1 fully saturated rings. The van der Waals surface area contributed by atoms with Crippen LogP contribution in [0.15, 0.2) is 52.3 Å². The van der Waals surface area contributed by atoms with Gasteiger partial charge in [-0.15, -0.1) is 0 Å². The zero-order valence-electron chi connectivity index (χ0n) is 17.3. The van der Waals surface area contributed by atoms with E-state index in [2.05, 4.69) is 0 Å². The van der Waals surface area contributed by atoms with Crippen LogP contribution in [0, 0.1) is 11.3 Å². The van der Waals surface area contributed by atoms with Crippen LogP contribution in [0.3, 0.4) is 0 Å². The molecule has 0 spiro atoms. The first-order valence-electron chi connectivity index (χ1n) is 9.59. The number of sulfone groups is 1. The van der Waals surface area contributed by atoms with Crippen molar-refractivity contribution in [2.75, 3.05) is 19.7 Å². The van der Waals surface area contributed by atoms with Crippen molar-refractivity contribution < 1.29 is 45.3 Å². The van der Waals surface area contributed by atoms with Crippen molar-refractivity contribution in [1.82, 2.24) is 4.31 Å². The summed E-state index contributed by atoms with van der Waals surface area (Å²) in [5, 5.41) is 37.2. The Kier molecular flexibility index (Phi) is 6.83. The fourth-order valence-electron chi connectivity index (χ4n) is 3.71. The molecular weight excluding hydrogens is 501 g/mol. The predicted octanol–water partition coefficient (Wildman–Crippen LogP) is 0.640.